The number of aliphatic carboxylic acids is 1. The van der Waals surface area contributed by atoms with Crippen LogP contribution in [-0.4, -0.2) is 60.2 Å². The van der Waals surface area contributed by atoms with Crippen LogP contribution in [0.3, 0.4) is 0 Å². The van der Waals surface area contributed by atoms with Crippen molar-refractivity contribution < 1.29 is 23.1 Å². The molecule has 2 aromatic rings. The number of aromatic nitrogens is 4. The maximum Gasteiger partial charge on any atom is 0.490 e. The fourth-order valence-electron chi connectivity index (χ4n) is 3.24. The fourth-order valence-corrected chi connectivity index (χ4v) is 4.13. The highest BCUT2D eigenvalue weighted by Gasteiger charge is 2.38. The van der Waals surface area contributed by atoms with Gasteiger partial charge in [-0.1, -0.05) is 38.5 Å². The van der Waals surface area contributed by atoms with Crippen LogP contribution in [0.4, 0.5) is 19.1 Å². The number of alkyl halides is 3. The molecule has 3 rings (SSSR count). The van der Waals surface area contributed by atoms with Gasteiger partial charge in [0.05, 0.1) is 6.54 Å². The summed E-state index contributed by atoms with van der Waals surface area (Å²) >= 11 is 1.57. The van der Waals surface area contributed by atoms with Crippen molar-refractivity contribution in [1.82, 2.24) is 19.1 Å². The number of nitrogens with zero attached hydrogens (tertiary/aromatic N) is 5. The lowest BCUT2D eigenvalue weighted by atomic mass is 10.1. The van der Waals surface area contributed by atoms with E-state index in [0.717, 1.165) is 31.9 Å². The molecule has 0 bridgehead atoms. The second-order valence-corrected chi connectivity index (χ2v) is 10.5. The zero-order valence-corrected chi connectivity index (χ0v) is 20.5. The minimum atomic E-state index is -5.08. The van der Waals surface area contributed by atoms with Crippen molar-refractivity contribution in [2.45, 2.75) is 69.2 Å². The van der Waals surface area contributed by atoms with Gasteiger partial charge in [-0.2, -0.15) is 18.2 Å². The van der Waals surface area contributed by atoms with Gasteiger partial charge in [-0.05, 0) is 19.8 Å². The molecule has 0 aromatic carbocycles. The van der Waals surface area contributed by atoms with E-state index < -0.39 is 12.1 Å². The molecule has 1 aliphatic heterocycles. The summed E-state index contributed by atoms with van der Waals surface area (Å²) in [6.45, 7) is 10.1. The Morgan fingerprint density at radius 1 is 1.29 bits per heavy atom. The highest BCUT2D eigenvalue weighted by molar-refractivity contribution is 8.00. The summed E-state index contributed by atoms with van der Waals surface area (Å²) in [5.74, 6) is 3.96. The van der Waals surface area contributed by atoms with E-state index in [1.807, 2.05) is 4.57 Å². The molecule has 0 saturated carbocycles. The Morgan fingerprint density at radius 2 is 1.91 bits per heavy atom. The van der Waals surface area contributed by atoms with Crippen molar-refractivity contribution in [3.05, 3.63) is 10.4 Å². The Kier molecular flexibility index (Phi) is 8.65. The Morgan fingerprint density at radius 3 is 2.41 bits per heavy atom. The van der Waals surface area contributed by atoms with Crippen LogP contribution in [0.25, 0.3) is 11.2 Å². The van der Waals surface area contributed by atoms with Crippen LogP contribution in [0.1, 0.15) is 40.5 Å². The molecule has 188 valence electrons. The van der Waals surface area contributed by atoms with Crippen LogP contribution >= 0.6 is 11.8 Å². The molecular weight excluding hydrogens is 473 g/mol. The third-order valence-corrected chi connectivity index (χ3v) is 5.88. The number of hydrogen-bond donors (Lipinski definition) is 2. The standard InChI is InChI=1S/C19H28N6OS.C2HF3O2/c1-6-7-11-25-14-15(21-17(25)24-10-8-9-13(20)12-24)22-18(23(5)16(14)26)27-19(2,3)4;3-2(4,5)1(6)7/h13H,8-12,20H2,1-5H3;(H,6,7). The van der Waals surface area contributed by atoms with E-state index in [1.165, 1.54) is 0 Å². The maximum absolute atomic E-state index is 13.1. The molecule has 0 spiro atoms. The first kappa shape index (κ1) is 27.5. The topological polar surface area (TPSA) is 119 Å². The number of thioether (sulfide) groups is 1. The van der Waals surface area contributed by atoms with Gasteiger partial charge in [-0.3, -0.25) is 13.9 Å². The van der Waals surface area contributed by atoms with Gasteiger partial charge in [0.25, 0.3) is 5.56 Å². The summed E-state index contributed by atoms with van der Waals surface area (Å²) in [4.78, 5) is 33.6. The highest BCUT2D eigenvalue weighted by Crippen LogP contribution is 2.31. The van der Waals surface area contributed by atoms with Crippen LogP contribution in [0.5, 0.6) is 0 Å². The number of carboxylic acid groups (broad SMARTS) is 1. The van der Waals surface area contributed by atoms with E-state index in [-0.39, 0.29) is 16.3 Å². The number of carbonyl (C=O) groups is 1. The molecular formula is C21H29F3N6O3S. The van der Waals surface area contributed by atoms with Crippen LogP contribution in [0.2, 0.25) is 0 Å². The largest absolute Gasteiger partial charge is 0.490 e. The van der Waals surface area contributed by atoms with E-state index in [9.17, 15) is 18.0 Å². The summed E-state index contributed by atoms with van der Waals surface area (Å²) in [7, 11) is 1.77. The maximum atomic E-state index is 13.1. The quantitative estimate of drug-likeness (QED) is 0.374. The van der Waals surface area contributed by atoms with Gasteiger partial charge in [0.15, 0.2) is 16.3 Å². The SMILES string of the molecule is CC#CCn1c(N2CCCC(N)C2)nc2nc(SC(C)(C)C)n(C)c(=O)c21.O=C(O)C(F)(F)F. The van der Waals surface area contributed by atoms with E-state index in [0.29, 0.717) is 22.9 Å². The van der Waals surface area contributed by atoms with E-state index in [2.05, 4.69) is 37.5 Å². The molecule has 3 heterocycles. The number of piperidine rings is 1. The molecule has 1 aliphatic rings. The van der Waals surface area contributed by atoms with E-state index >= 15 is 0 Å². The lowest BCUT2D eigenvalue weighted by Crippen LogP contribution is -2.44. The minimum Gasteiger partial charge on any atom is -0.475 e. The van der Waals surface area contributed by atoms with Crippen LogP contribution in [-0.2, 0) is 18.4 Å². The average Bonchev–Trinajstić information content (AvgIpc) is 3.07. The number of nitrogens with two attached hydrogens (primary N) is 1. The number of halogens is 3. The Balaban J connectivity index is 0.000000509. The predicted octanol–water partition coefficient (Wildman–Crippen LogP) is 2.60. The van der Waals surface area contributed by atoms with Crippen molar-refractivity contribution in [3.63, 3.8) is 0 Å². The number of imidazole rings is 1. The van der Waals surface area contributed by atoms with Crippen molar-refractivity contribution >= 4 is 34.8 Å². The molecule has 2 aromatic heterocycles. The minimum absolute atomic E-state index is 0.0520. The molecule has 13 heteroatoms. The second-order valence-electron chi connectivity index (χ2n) is 8.72. The van der Waals surface area contributed by atoms with E-state index in [4.69, 9.17) is 25.6 Å². The zero-order valence-electron chi connectivity index (χ0n) is 19.7. The molecule has 1 unspecified atom stereocenters. The first-order valence-corrected chi connectivity index (χ1v) is 11.3. The van der Waals surface area contributed by atoms with Gasteiger partial charge in [0, 0.05) is 30.9 Å². The summed E-state index contributed by atoms with van der Waals surface area (Å²) in [6.07, 6.45) is -3.06. The molecule has 3 N–H and O–H groups in total. The van der Waals surface area contributed by atoms with Crippen molar-refractivity contribution in [3.8, 4) is 11.8 Å². The normalized spacial score (nSPS) is 16.5. The smallest absolute Gasteiger partial charge is 0.475 e. The highest BCUT2D eigenvalue weighted by atomic mass is 32.2. The van der Waals surface area contributed by atoms with E-state index in [1.54, 1.807) is 30.3 Å². The molecule has 9 nitrogen and oxygen atoms in total. The van der Waals surface area contributed by atoms with Crippen LogP contribution < -0.4 is 16.2 Å². The molecule has 0 radical (unpaired) electrons. The Labute approximate surface area is 199 Å². The second kappa shape index (κ2) is 10.7. The summed E-state index contributed by atoms with van der Waals surface area (Å²) in [6, 6.07) is 0.118. The van der Waals surface area contributed by atoms with Crippen LogP contribution in [0, 0.1) is 11.8 Å². The summed E-state index contributed by atoms with van der Waals surface area (Å²) in [5, 5.41) is 7.80. The molecule has 0 amide bonds. The number of hydrogen-bond acceptors (Lipinski definition) is 7. The summed E-state index contributed by atoms with van der Waals surface area (Å²) < 4.78 is 35.2. The third-order valence-electron chi connectivity index (χ3n) is 4.72. The van der Waals surface area contributed by atoms with Crippen LogP contribution in [0.15, 0.2) is 9.95 Å². The lowest BCUT2D eigenvalue weighted by Gasteiger charge is -2.31. The first-order chi connectivity index (χ1) is 15.7. The van der Waals surface area contributed by atoms with Gasteiger partial charge in [0.2, 0.25) is 5.95 Å². The van der Waals surface area contributed by atoms with Gasteiger partial charge in [-0.15, -0.1) is 5.92 Å². The van der Waals surface area contributed by atoms with Crippen molar-refractivity contribution in [1.29, 1.82) is 0 Å². The molecule has 34 heavy (non-hydrogen) atoms. The van der Waals surface area contributed by atoms with Gasteiger partial charge >= 0.3 is 12.1 Å². The molecule has 1 saturated heterocycles. The fraction of sp³-hybridized carbons (Fsp3) is 0.619. The number of rotatable bonds is 3. The predicted molar refractivity (Wildman–Crippen MR) is 125 cm³/mol. The molecule has 0 aliphatic carbocycles. The summed E-state index contributed by atoms with van der Waals surface area (Å²) in [5.41, 5.74) is 7.06. The number of anilines is 1. The first-order valence-electron chi connectivity index (χ1n) is 10.5. The Bertz CT molecular complexity index is 1160. The number of carboxylic acids is 1. The molecule has 1 fully saturated rings. The lowest BCUT2D eigenvalue weighted by molar-refractivity contribution is -0.192. The Hall–Kier alpha value is -2.72. The molecule has 1 atom stereocenters. The third kappa shape index (κ3) is 6.89. The van der Waals surface area contributed by atoms with Gasteiger partial charge in [-0.25, -0.2) is 9.78 Å². The zero-order chi connectivity index (χ0) is 25.8. The van der Waals surface area contributed by atoms with Crippen molar-refractivity contribution in [2.24, 2.45) is 12.8 Å². The van der Waals surface area contributed by atoms with Crippen molar-refractivity contribution in [2.75, 3.05) is 18.0 Å². The van der Waals surface area contributed by atoms with Gasteiger partial charge in [0.1, 0.15) is 0 Å². The number of fused-ring (bicyclic) bond motifs is 1. The van der Waals surface area contributed by atoms with Gasteiger partial charge < -0.3 is 15.7 Å². The monoisotopic (exact) mass is 502 g/mol. The average molecular weight is 503 g/mol.